The van der Waals surface area contributed by atoms with Crippen molar-refractivity contribution in [2.75, 3.05) is 11.1 Å². The summed E-state index contributed by atoms with van der Waals surface area (Å²) in [5.41, 5.74) is 3.19. The van der Waals surface area contributed by atoms with Crippen molar-refractivity contribution in [3.05, 3.63) is 46.0 Å². The van der Waals surface area contributed by atoms with Crippen LogP contribution in [0, 0.1) is 13.8 Å². The lowest BCUT2D eigenvalue weighted by Crippen LogP contribution is -2.27. The third-order valence-electron chi connectivity index (χ3n) is 3.74. The molecule has 1 N–H and O–H groups in total. The number of nitrogens with zero attached hydrogens (tertiary/aromatic N) is 3. The molecule has 0 saturated heterocycles. The van der Waals surface area contributed by atoms with Crippen LogP contribution in [0.3, 0.4) is 0 Å². The summed E-state index contributed by atoms with van der Waals surface area (Å²) in [7, 11) is 0. The van der Waals surface area contributed by atoms with Crippen molar-refractivity contribution in [2.24, 2.45) is 0 Å². The SMILES string of the molecule is CCSc1nc2ncn(CC(=O)Nc3ccc(C)c(C)c3)c(=O)c2s1. The van der Waals surface area contributed by atoms with E-state index in [1.165, 1.54) is 22.2 Å². The topological polar surface area (TPSA) is 76.9 Å². The molecule has 0 aliphatic heterocycles. The van der Waals surface area contributed by atoms with Gasteiger partial charge in [-0.2, -0.15) is 0 Å². The van der Waals surface area contributed by atoms with Crippen LogP contribution in [-0.2, 0) is 11.3 Å². The number of fused-ring (bicyclic) bond motifs is 1. The molecule has 130 valence electrons. The molecule has 2 heterocycles. The Hall–Kier alpha value is -2.19. The number of aryl methyl sites for hydroxylation is 2. The van der Waals surface area contributed by atoms with Crippen molar-refractivity contribution in [2.45, 2.75) is 31.7 Å². The maximum absolute atomic E-state index is 12.5. The maximum Gasteiger partial charge on any atom is 0.273 e. The van der Waals surface area contributed by atoms with Gasteiger partial charge in [0.15, 0.2) is 9.99 Å². The number of nitrogens with one attached hydrogen (secondary N) is 1. The molecule has 0 spiro atoms. The Bertz CT molecular complexity index is 994. The van der Waals surface area contributed by atoms with Crippen molar-refractivity contribution in [3.63, 3.8) is 0 Å². The Morgan fingerprint density at radius 3 is 2.84 bits per heavy atom. The zero-order valence-electron chi connectivity index (χ0n) is 14.2. The molecule has 3 rings (SSSR count). The Morgan fingerprint density at radius 1 is 1.32 bits per heavy atom. The van der Waals surface area contributed by atoms with Crippen LogP contribution in [0.2, 0.25) is 0 Å². The smallest absolute Gasteiger partial charge is 0.273 e. The number of amides is 1. The van der Waals surface area contributed by atoms with E-state index in [2.05, 4.69) is 15.3 Å². The van der Waals surface area contributed by atoms with Gasteiger partial charge in [-0.15, -0.1) is 11.3 Å². The molecule has 1 amide bonds. The van der Waals surface area contributed by atoms with Gasteiger partial charge in [0.2, 0.25) is 5.91 Å². The lowest BCUT2D eigenvalue weighted by atomic mass is 10.1. The molecule has 0 radical (unpaired) electrons. The van der Waals surface area contributed by atoms with E-state index in [4.69, 9.17) is 0 Å². The summed E-state index contributed by atoms with van der Waals surface area (Å²) in [4.78, 5) is 33.3. The molecule has 0 aliphatic carbocycles. The van der Waals surface area contributed by atoms with E-state index in [0.29, 0.717) is 10.3 Å². The summed E-state index contributed by atoms with van der Waals surface area (Å²) in [6.07, 6.45) is 1.38. The minimum atomic E-state index is -0.265. The molecule has 0 unspecified atom stereocenters. The van der Waals surface area contributed by atoms with E-state index in [1.54, 1.807) is 11.8 Å². The first-order valence-corrected chi connectivity index (χ1v) is 9.64. The molecule has 25 heavy (non-hydrogen) atoms. The van der Waals surface area contributed by atoms with E-state index in [9.17, 15) is 9.59 Å². The monoisotopic (exact) mass is 374 g/mol. The van der Waals surface area contributed by atoms with Crippen LogP contribution in [-0.4, -0.2) is 26.2 Å². The molecule has 8 heteroatoms. The molecule has 0 saturated carbocycles. The standard InChI is InChI=1S/C17H18N4O2S2/c1-4-24-17-20-15-14(25-17)16(23)21(9-18-15)8-13(22)19-12-6-5-10(2)11(3)7-12/h5-7,9H,4,8H2,1-3H3,(H,19,22). The average Bonchev–Trinajstić information content (AvgIpc) is 2.98. The fraction of sp³-hybridized carbons (Fsp3) is 0.294. The molecule has 0 atom stereocenters. The number of thiazole rings is 1. The lowest BCUT2D eigenvalue weighted by Gasteiger charge is -2.08. The van der Waals surface area contributed by atoms with Crippen molar-refractivity contribution in [1.29, 1.82) is 0 Å². The molecular weight excluding hydrogens is 356 g/mol. The van der Waals surface area contributed by atoms with Gasteiger partial charge in [0.25, 0.3) is 5.56 Å². The fourth-order valence-corrected chi connectivity index (χ4v) is 4.24. The first kappa shape index (κ1) is 17.6. The van der Waals surface area contributed by atoms with E-state index < -0.39 is 0 Å². The van der Waals surface area contributed by atoms with Gasteiger partial charge < -0.3 is 5.32 Å². The van der Waals surface area contributed by atoms with Gasteiger partial charge in [0.1, 0.15) is 17.6 Å². The van der Waals surface area contributed by atoms with Crippen molar-refractivity contribution in [3.8, 4) is 0 Å². The highest BCUT2D eigenvalue weighted by Crippen LogP contribution is 2.25. The summed E-state index contributed by atoms with van der Waals surface area (Å²) >= 11 is 2.90. The summed E-state index contributed by atoms with van der Waals surface area (Å²) in [5.74, 6) is 0.617. The highest BCUT2D eigenvalue weighted by Gasteiger charge is 2.13. The summed E-state index contributed by atoms with van der Waals surface area (Å²) in [6, 6.07) is 5.71. The van der Waals surface area contributed by atoms with E-state index in [0.717, 1.165) is 26.9 Å². The lowest BCUT2D eigenvalue weighted by molar-refractivity contribution is -0.116. The van der Waals surface area contributed by atoms with Gasteiger partial charge in [0, 0.05) is 5.69 Å². The second-order valence-corrected chi connectivity index (χ2v) is 8.10. The predicted molar refractivity (Wildman–Crippen MR) is 103 cm³/mol. The van der Waals surface area contributed by atoms with Gasteiger partial charge in [-0.25, -0.2) is 9.97 Å². The van der Waals surface area contributed by atoms with Crippen LogP contribution < -0.4 is 10.9 Å². The van der Waals surface area contributed by atoms with Crippen LogP contribution in [0.1, 0.15) is 18.1 Å². The Labute approximate surface area is 153 Å². The second-order valence-electron chi connectivity index (χ2n) is 5.59. The zero-order valence-corrected chi connectivity index (χ0v) is 15.8. The number of anilines is 1. The fourth-order valence-electron chi connectivity index (χ4n) is 2.30. The number of aromatic nitrogens is 3. The third-order valence-corrected chi connectivity index (χ3v) is 5.79. The summed E-state index contributed by atoms with van der Waals surface area (Å²) < 4.78 is 2.62. The summed E-state index contributed by atoms with van der Waals surface area (Å²) in [6.45, 7) is 5.95. The van der Waals surface area contributed by atoms with Crippen LogP contribution in [0.25, 0.3) is 10.3 Å². The number of carbonyl (C=O) groups excluding carboxylic acids is 1. The normalized spacial score (nSPS) is 11.0. The van der Waals surface area contributed by atoms with Crippen LogP contribution in [0.4, 0.5) is 5.69 Å². The molecule has 0 bridgehead atoms. The number of thioether (sulfide) groups is 1. The molecule has 2 aromatic heterocycles. The number of hydrogen-bond acceptors (Lipinski definition) is 6. The molecule has 1 aromatic carbocycles. The largest absolute Gasteiger partial charge is 0.325 e. The van der Waals surface area contributed by atoms with E-state index in [-0.39, 0.29) is 18.0 Å². The van der Waals surface area contributed by atoms with Crippen LogP contribution in [0.15, 0.2) is 33.7 Å². The van der Waals surface area contributed by atoms with Crippen molar-refractivity contribution in [1.82, 2.24) is 14.5 Å². The summed E-state index contributed by atoms with van der Waals surface area (Å²) in [5, 5.41) is 2.82. The minimum absolute atomic E-state index is 0.0805. The van der Waals surface area contributed by atoms with Crippen molar-refractivity contribution >= 4 is 45.0 Å². The molecule has 0 aliphatic rings. The maximum atomic E-state index is 12.5. The zero-order chi connectivity index (χ0) is 18.0. The number of rotatable bonds is 5. The van der Waals surface area contributed by atoms with E-state index >= 15 is 0 Å². The minimum Gasteiger partial charge on any atom is -0.325 e. The number of hydrogen-bond donors (Lipinski definition) is 1. The molecule has 3 aromatic rings. The van der Waals surface area contributed by atoms with Crippen LogP contribution >= 0.6 is 23.1 Å². The molecular formula is C17H18N4O2S2. The van der Waals surface area contributed by atoms with Gasteiger partial charge >= 0.3 is 0 Å². The van der Waals surface area contributed by atoms with Crippen molar-refractivity contribution < 1.29 is 4.79 Å². The van der Waals surface area contributed by atoms with Gasteiger partial charge in [-0.3, -0.25) is 14.2 Å². The van der Waals surface area contributed by atoms with Gasteiger partial charge in [-0.05, 0) is 42.9 Å². The van der Waals surface area contributed by atoms with Gasteiger partial charge in [0.05, 0.1) is 0 Å². The average molecular weight is 374 g/mol. The first-order chi connectivity index (χ1) is 12.0. The Morgan fingerprint density at radius 2 is 2.12 bits per heavy atom. The quantitative estimate of drug-likeness (QED) is 0.694. The van der Waals surface area contributed by atoms with Crippen LogP contribution in [0.5, 0.6) is 0 Å². The highest BCUT2D eigenvalue weighted by atomic mass is 32.2. The third kappa shape index (κ3) is 3.91. The molecule has 6 nitrogen and oxygen atoms in total. The second kappa shape index (κ2) is 7.37. The van der Waals surface area contributed by atoms with E-state index in [1.807, 2.05) is 39.0 Å². The first-order valence-electron chi connectivity index (χ1n) is 7.84. The Balaban J connectivity index is 1.79. The number of carbonyl (C=O) groups is 1. The Kier molecular flexibility index (Phi) is 5.19. The number of benzene rings is 1. The highest BCUT2D eigenvalue weighted by molar-refractivity contribution is 8.01. The van der Waals surface area contributed by atoms with Gasteiger partial charge in [-0.1, -0.05) is 24.8 Å². The predicted octanol–water partition coefficient (Wildman–Crippen LogP) is 3.22. The molecule has 0 fully saturated rings.